The fourth-order valence-electron chi connectivity index (χ4n) is 3.42. The lowest BCUT2D eigenvalue weighted by Gasteiger charge is -2.25. The highest BCUT2D eigenvalue weighted by Gasteiger charge is 2.45. The van der Waals surface area contributed by atoms with Gasteiger partial charge in [-0.3, -0.25) is 0 Å². The maximum atomic E-state index is 10.9. The molecule has 3 rings (SSSR count). The van der Waals surface area contributed by atoms with Crippen LogP contribution in [0.2, 0.25) is 0 Å². The molecular weight excluding hydrogens is 166 g/mol. The molecule has 2 aliphatic carbocycles. The van der Waals surface area contributed by atoms with E-state index in [1.165, 1.54) is 25.7 Å². The van der Waals surface area contributed by atoms with E-state index in [4.69, 9.17) is 4.74 Å². The van der Waals surface area contributed by atoms with Crippen molar-refractivity contribution in [3.05, 3.63) is 0 Å². The third kappa shape index (κ3) is 1.13. The van der Waals surface area contributed by atoms with Gasteiger partial charge in [-0.25, -0.2) is 4.79 Å². The van der Waals surface area contributed by atoms with Crippen LogP contribution in [0.1, 0.15) is 25.7 Å². The average Bonchev–Trinajstić information content (AvgIpc) is 2.77. The molecule has 0 aromatic rings. The van der Waals surface area contributed by atoms with Gasteiger partial charge in [-0.2, -0.15) is 0 Å². The van der Waals surface area contributed by atoms with Gasteiger partial charge in [-0.05, 0) is 37.0 Å². The number of nitrogens with one attached hydrogen (secondary N) is 1. The Morgan fingerprint density at radius 1 is 1.31 bits per heavy atom. The van der Waals surface area contributed by atoms with Crippen LogP contribution in [0.15, 0.2) is 0 Å². The first-order chi connectivity index (χ1) is 6.33. The van der Waals surface area contributed by atoms with Crippen molar-refractivity contribution in [1.29, 1.82) is 0 Å². The molecule has 4 atom stereocenters. The van der Waals surface area contributed by atoms with Gasteiger partial charge in [-0.15, -0.1) is 0 Å². The van der Waals surface area contributed by atoms with Crippen molar-refractivity contribution < 1.29 is 9.53 Å². The molecule has 3 aliphatic rings. The first-order valence-electron chi connectivity index (χ1n) is 5.26. The van der Waals surface area contributed by atoms with E-state index in [0.717, 1.165) is 11.8 Å². The minimum absolute atomic E-state index is 0.215. The lowest BCUT2D eigenvalue weighted by molar-refractivity contribution is 0.172. The third-order valence-electron chi connectivity index (χ3n) is 4.01. The molecule has 3 heteroatoms. The number of hydrogen-bond donors (Lipinski definition) is 1. The molecule has 3 fully saturated rings. The molecule has 13 heavy (non-hydrogen) atoms. The largest absolute Gasteiger partial charge is 0.447 e. The Bertz CT molecular complexity index is 241. The molecule has 2 bridgehead atoms. The van der Waals surface area contributed by atoms with Crippen LogP contribution in [0.3, 0.4) is 0 Å². The molecule has 1 amide bonds. The van der Waals surface area contributed by atoms with Gasteiger partial charge < -0.3 is 10.1 Å². The number of amides is 1. The van der Waals surface area contributed by atoms with E-state index in [9.17, 15) is 4.79 Å². The number of ether oxygens (including phenoxy) is 1. The average molecular weight is 181 g/mol. The molecule has 1 aliphatic heterocycles. The number of cyclic esters (lactones) is 1. The molecule has 2 saturated carbocycles. The SMILES string of the molecule is O=C1NC(C2CC3CCC2C3)CO1. The normalized spacial score (nSPS) is 47.8. The summed E-state index contributed by atoms with van der Waals surface area (Å²) in [5, 5.41) is 2.92. The van der Waals surface area contributed by atoms with Crippen LogP contribution in [0.25, 0.3) is 0 Å². The summed E-state index contributed by atoms with van der Waals surface area (Å²) < 4.78 is 4.94. The van der Waals surface area contributed by atoms with Crippen LogP contribution in [0.5, 0.6) is 0 Å². The Balaban J connectivity index is 1.69. The van der Waals surface area contributed by atoms with E-state index in [0.29, 0.717) is 18.6 Å². The van der Waals surface area contributed by atoms with Gasteiger partial charge in [0.25, 0.3) is 0 Å². The maximum absolute atomic E-state index is 10.9. The minimum Gasteiger partial charge on any atom is -0.447 e. The molecule has 1 heterocycles. The summed E-state index contributed by atoms with van der Waals surface area (Å²) in [7, 11) is 0. The molecule has 1 N–H and O–H groups in total. The van der Waals surface area contributed by atoms with Crippen molar-refractivity contribution >= 4 is 6.09 Å². The second kappa shape index (κ2) is 2.63. The second-order valence-electron chi connectivity index (χ2n) is 4.69. The zero-order valence-corrected chi connectivity index (χ0v) is 7.66. The first-order valence-corrected chi connectivity index (χ1v) is 5.26. The third-order valence-corrected chi connectivity index (χ3v) is 4.01. The van der Waals surface area contributed by atoms with E-state index >= 15 is 0 Å². The Kier molecular flexibility index (Phi) is 1.55. The molecule has 72 valence electrons. The topological polar surface area (TPSA) is 38.3 Å². The lowest BCUT2D eigenvalue weighted by Crippen LogP contribution is -2.36. The highest BCUT2D eigenvalue weighted by molar-refractivity contribution is 5.69. The minimum atomic E-state index is -0.215. The second-order valence-corrected chi connectivity index (χ2v) is 4.69. The summed E-state index contributed by atoms with van der Waals surface area (Å²) in [6.45, 7) is 0.604. The summed E-state index contributed by atoms with van der Waals surface area (Å²) in [4.78, 5) is 10.9. The van der Waals surface area contributed by atoms with Gasteiger partial charge in [0.15, 0.2) is 0 Å². The highest BCUT2D eigenvalue weighted by atomic mass is 16.6. The van der Waals surface area contributed by atoms with E-state index in [1.807, 2.05) is 0 Å². The van der Waals surface area contributed by atoms with E-state index in [2.05, 4.69) is 5.32 Å². The molecule has 4 unspecified atom stereocenters. The first kappa shape index (κ1) is 7.65. The molecule has 0 aromatic heterocycles. The van der Waals surface area contributed by atoms with Gasteiger partial charge in [0.1, 0.15) is 6.61 Å². The van der Waals surface area contributed by atoms with Gasteiger partial charge in [0.05, 0.1) is 6.04 Å². The Labute approximate surface area is 77.8 Å². The van der Waals surface area contributed by atoms with Gasteiger partial charge >= 0.3 is 6.09 Å². The molecular formula is C10H15NO2. The van der Waals surface area contributed by atoms with Crippen molar-refractivity contribution in [2.24, 2.45) is 17.8 Å². The molecule has 0 aromatic carbocycles. The van der Waals surface area contributed by atoms with Crippen LogP contribution in [0, 0.1) is 17.8 Å². The smallest absolute Gasteiger partial charge is 0.407 e. The van der Waals surface area contributed by atoms with Crippen molar-refractivity contribution in [2.75, 3.05) is 6.61 Å². The summed E-state index contributed by atoms with van der Waals surface area (Å²) >= 11 is 0. The van der Waals surface area contributed by atoms with Crippen molar-refractivity contribution in [3.8, 4) is 0 Å². The molecule has 3 nitrogen and oxygen atoms in total. The summed E-state index contributed by atoms with van der Waals surface area (Å²) in [6, 6.07) is 0.322. The number of alkyl carbamates (subject to hydrolysis) is 1. The predicted molar refractivity (Wildman–Crippen MR) is 47.2 cm³/mol. The number of fused-ring (bicyclic) bond motifs is 2. The van der Waals surface area contributed by atoms with Crippen LogP contribution < -0.4 is 5.32 Å². The van der Waals surface area contributed by atoms with Gasteiger partial charge in [0.2, 0.25) is 0 Å². The predicted octanol–water partition coefficient (Wildman–Crippen LogP) is 1.53. The number of hydrogen-bond acceptors (Lipinski definition) is 2. The van der Waals surface area contributed by atoms with E-state index < -0.39 is 0 Å². The summed E-state index contributed by atoms with van der Waals surface area (Å²) in [6.07, 6.45) is 5.30. The molecule has 1 saturated heterocycles. The quantitative estimate of drug-likeness (QED) is 0.666. The fourth-order valence-corrected chi connectivity index (χ4v) is 3.42. The van der Waals surface area contributed by atoms with E-state index in [-0.39, 0.29) is 6.09 Å². The summed E-state index contributed by atoms with van der Waals surface area (Å²) in [5.41, 5.74) is 0. The zero-order valence-electron chi connectivity index (χ0n) is 7.66. The Morgan fingerprint density at radius 3 is 2.77 bits per heavy atom. The lowest BCUT2D eigenvalue weighted by atomic mass is 9.84. The van der Waals surface area contributed by atoms with Crippen LogP contribution in [0.4, 0.5) is 4.79 Å². The van der Waals surface area contributed by atoms with E-state index in [1.54, 1.807) is 0 Å². The van der Waals surface area contributed by atoms with Crippen molar-refractivity contribution in [1.82, 2.24) is 5.32 Å². The Hall–Kier alpha value is -0.730. The van der Waals surface area contributed by atoms with Crippen LogP contribution in [-0.2, 0) is 4.74 Å². The number of carbonyl (C=O) groups excluding carboxylic acids is 1. The highest BCUT2D eigenvalue weighted by Crippen LogP contribution is 2.49. The number of rotatable bonds is 1. The van der Waals surface area contributed by atoms with Gasteiger partial charge in [0, 0.05) is 0 Å². The van der Waals surface area contributed by atoms with Crippen molar-refractivity contribution in [2.45, 2.75) is 31.7 Å². The van der Waals surface area contributed by atoms with Crippen LogP contribution >= 0.6 is 0 Å². The van der Waals surface area contributed by atoms with Gasteiger partial charge in [-0.1, -0.05) is 6.42 Å². The maximum Gasteiger partial charge on any atom is 0.407 e. The number of carbonyl (C=O) groups is 1. The standard InChI is InChI=1S/C10H15NO2/c12-10-11-9(5-13-10)8-4-6-1-2-7(8)3-6/h6-9H,1-5H2,(H,11,12). The fraction of sp³-hybridized carbons (Fsp3) is 0.900. The molecule has 0 radical (unpaired) electrons. The van der Waals surface area contributed by atoms with Crippen molar-refractivity contribution in [3.63, 3.8) is 0 Å². The molecule has 0 spiro atoms. The monoisotopic (exact) mass is 181 g/mol. The zero-order chi connectivity index (χ0) is 8.84. The summed E-state index contributed by atoms with van der Waals surface area (Å²) in [5.74, 6) is 2.54. The Morgan fingerprint density at radius 2 is 2.23 bits per heavy atom. The van der Waals surface area contributed by atoms with Crippen LogP contribution in [-0.4, -0.2) is 18.7 Å².